The number of rotatable bonds is 5. The van der Waals surface area contributed by atoms with Crippen molar-refractivity contribution < 1.29 is 8.42 Å². The smallest absolute Gasteiger partial charge is 0.242 e. The molecule has 0 aliphatic carbocycles. The summed E-state index contributed by atoms with van der Waals surface area (Å²) in [7, 11) is -3.46. The van der Waals surface area contributed by atoms with E-state index in [4.69, 9.17) is 0 Å². The third kappa shape index (κ3) is 4.05. The summed E-state index contributed by atoms with van der Waals surface area (Å²) in [5.41, 5.74) is 1.13. The maximum Gasteiger partial charge on any atom is 0.242 e. The highest BCUT2D eigenvalue weighted by molar-refractivity contribution is 7.89. The minimum Gasteiger partial charge on any atom is -0.370 e. The Morgan fingerprint density at radius 1 is 1.09 bits per heavy atom. The molecule has 1 N–H and O–H groups in total. The van der Waals surface area contributed by atoms with Crippen LogP contribution in [-0.4, -0.2) is 38.0 Å². The van der Waals surface area contributed by atoms with Gasteiger partial charge in [-0.25, -0.2) is 13.1 Å². The molecule has 7 heteroatoms. The highest BCUT2D eigenvalue weighted by Crippen LogP contribution is 2.22. The molecular weight excluding hydrogens is 312 g/mol. The molecule has 0 spiro atoms. The zero-order valence-electron chi connectivity index (χ0n) is 12.8. The van der Waals surface area contributed by atoms with Crippen LogP contribution in [0.5, 0.6) is 0 Å². The van der Waals surface area contributed by atoms with Gasteiger partial charge in [0.2, 0.25) is 10.0 Å². The van der Waals surface area contributed by atoms with Crippen molar-refractivity contribution in [1.82, 2.24) is 14.7 Å². The first-order chi connectivity index (χ1) is 11.1. The van der Waals surface area contributed by atoms with Gasteiger partial charge in [-0.3, -0.25) is 9.97 Å². The summed E-state index contributed by atoms with van der Waals surface area (Å²) in [6, 6.07) is 7.17. The van der Waals surface area contributed by atoms with Crippen molar-refractivity contribution in [3.8, 4) is 0 Å². The van der Waals surface area contributed by atoms with E-state index in [-0.39, 0.29) is 4.90 Å². The number of anilines is 1. The van der Waals surface area contributed by atoms with Gasteiger partial charge in [0.1, 0.15) is 4.90 Å². The molecule has 0 bridgehead atoms. The Morgan fingerprint density at radius 2 is 1.78 bits per heavy atom. The van der Waals surface area contributed by atoms with Gasteiger partial charge in [-0.05, 0) is 43.0 Å². The van der Waals surface area contributed by atoms with E-state index in [1.807, 2.05) is 12.3 Å². The van der Waals surface area contributed by atoms with Crippen molar-refractivity contribution in [2.75, 3.05) is 24.5 Å². The number of piperidine rings is 1. The van der Waals surface area contributed by atoms with Gasteiger partial charge < -0.3 is 4.90 Å². The van der Waals surface area contributed by atoms with E-state index < -0.39 is 10.0 Å². The summed E-state index contributed by atoms with van der Waals surface area (Å²) in [5.74, 6) is 0.356. The van der Waals surface area contributed by atoms with E-state index >= 15 is 0 Å². The molecule has 0 saturated carbocycles. The Balaban J connectivity index is 1.52. The van der Waals surface area contributed by atoms with Crippen LogP contribution in [0.25, 0.3) is 0 Å². The van der Waals surface area contributed by atoms with Gasteiger partial charge >= 0.3 is 0 Å². The van der Waals surface area contributed by atoms with Crippen LogP contribution in [-0.2, 0) is 10.0 Å². The van der Waals surface area contributed by atoms with Crippen LogP contribution in [0.4, 0.5) is 5.69 Å². The molecule has 0 radical (unpaired) electrons. The molecule has 2 aromatic heterocycles. The van der Waals surface area contributed by atoms with E-state index in [0.717, 1.165) is 31.6 Å². The second-order valence-electron chi connectivity index (χ2n) is 5.68. The monoisotopic (exact) mass is 332 g/mol. The summed E-state index contributed by atoms with van der Waals surface area (Å²) in [5, 5.41) is 0. The fourth-order valence-electron chi connectivity index (χ4n) is 2.75. The molecule has 0 aromatic carbocycles. The molecule has 0 atom stereocenters. The molecular formula is C16H20N4O2S. The molecule has 1 fully saturated rings. The van der Waals surface area contributed by atoms with Crippen LogP contribution in [0.2, 0.25) is 0 Å². The lowest BCUT2D eigenvalue weighted by Gasteiger charge is -2.33. The van der Waals surface area contributed by atoms with E-state index in [0.29, 0.717) is 12.5 Å². The van der Waals surface area contributed by atoms with Crippen molar-refractivity contribution in [2.45, 2.75) is 17.7 Å². The van der Waals surface area contributed by atoms with Gasteiger partial charge in [0, 0.05) is 38.2 Å². The number of aromatic nitrogens is 2. The third-order valence-corrected chi connectivity index (χ3v) is 5.54. The van der Waals surface area contributed by atoms with E-state index in [2.05, 4.69) is 25.7 Å². The third-order valence-electron chi connectivity index (χ3n) is 4.13. The molecule has 1 aliphatic rings. The molecule has 1 saturated heterocycles. The molecule has 6 nitrogen and oxygen atoms in total. The average molecular weight is 332 g/mol. The topological polar surface area (TPSA) is 75.2 Å². The fourth-order valence-corrected chi connectivity index (χ4v) is 3.83. The van der Waals surface area contributed by atoms with Crippen molar-refractivity contribution in [2.24, 2.45) is 5.92 Å². The minimum atomic E-state index is -3.46. The van der Waals surface area contributed by atoms with Gasteiger partial charge in [0.25, 0.3) is 0 Å². The molecule has 3 rings (SSSR count). The second kappa shape index (κ2) is 7.06. The number of pyridine rings is 2. The second-order valence-corrected chi connectivity index (χ2v) is 7.45. The van der Waals surface area contributed by atoms with Crippen molar-refractivity contribution >= 4 is 15.7 Å². The summed E-state index contributed by atoms with van der Waals surface area (Å²) >= 11 is 0. The van der Waals surface area contributed by atoms with Crippen LogP contribution in [0.15, 0.2) is 53.9 Å². The van der Waals surface area contributed by atoms with E-state index in [9.17, 15) is 8.42 Å². The Kier molecular flexibility index (Phi) is 4.88. The SMILES string of the molecule is O=S(=O)(NCC1CCN(c2cccnc2)CC1)c1cccnc1. The van der Waals surface area contributed by atoms with Crippen molar-refractivity contribution in [1.29, 1.82) is 0 Å². The fraction of sp³-hybridized carbons (Fsp3) is 0.375. The molecule has 23 heavy (non-hydrogen) atoms. The lowest BCUT2D eigenvalue weighted by molar-refractivity contribution is 0.402. The van der Waals surface area contributed by atoms with Crippen LogP contribution in [0.3, 0.4) is 0 Å². The highest BCUT2D eigenvalue weighted by atomic mass is 32.2. The largest absolute Gasteiger partial charge is 0.370 e. The first-order valence-corrected chi connectivity index (χ1v) is 9.18. The number of hydrogen-bond donors (Lipinski definition) is 1. The Bertz CT molecular complexity index is 714. The summed E-state index contributed by atoms with van der Waals surface area (Å²) in [4.78, 5) is 10.5. The summed E-state index contributed by atoms with van der Waals surface area (Å²) < 4.78 is 27.1. The maximum atomic E-state index is 12.2. The van der Waals surface area contributed by atoms with Crippen molar-refractivity contribution in [3.05, 3.63) is 49.1 Å². The van der Waals surface area contributed by atoms with Crippen LogP contribution in [0.1, 0.15) is 12.8 Å². The number of nitrogens with one attached hydrogen (secondary N) is 1. The van der Waals surface area contributed by atoms with Crippen LogP contribution in [0, 0.1) is 5.92 Å². The van der Waals surface area contributed by atoms with E-state index in [1.165, 1.54) is 6.20 Å². The van der Waals surface area contributed by atoms with Crippen LogP contribution < -0.4 is 9.62 Å². The lowest BCUT2D eigenvalue weighted by Crippen LogP contribution is -2.38. The summed E-state index contributed by atoms with van der Waals surface area (Å²) in [6.45, 7) is 2.31. The molecule has 1 aliphatic heterocycles. The Hall–Kier alpha value is -1.99. The zero-order valence-corrected chi connectivity index (χ0v) is 13.6. The Morgan fingerprint density at radius 3 is 2.39 bits per heavy atom. The first-order valence-electron chi connectivity index (χ1n) is 7.70. The van der Waals surface area contributed by atoms with Gasteiger partial charge in [0.05, 0.1) is 11.9 Å². The highest BCUT2D eigenvalue weighted by Gasteiger charge is 2.22. The quantitative estimate of drug-likeness (QED) is 0.901. The normalized spacial score (nSPS) is 16.4. The lowest BCUT2D eigenvalue weighted by atomic mass is 9.97. The molecule has 0 amide bonds. The zero-order chi connectivity index (χ0) is 16.1. The van der Waals surface area contributed by atoms with Gasteiger partial charge in [-0.15, -0.1) is 0 Å². The van der Waals surface area contributed by atoms with E-state index in [1.54, 1.807) is 24.5 Å². The minimum absolute atomic E-state index is 0.216. The standard InChI is InChI=1S/C16H20N4O2S/c21-23(22,16-4-2-8-18-13-16)19-11-14-5-9-20(10-6-14)15-3-1-7-17-12-15/h1-4,7-8,12-14,19H,5-6,9-11H2. The number of nitrogens with zero attached hydrogens (tertiary/aromatic N) is 3. The molecule has 2 aromatic rings. The molecule has 0 unspecified atom stereocenters. The first kappa shape index (κ1) is 15.9. The van der Waals surface area contributed by atoms with Crippen LogP contribution >= 0.6 is 0 Å². The van der Waals surface area contributed by atoms with Gasteiger partial charge in [0.15, 0.2) is 0 Å². The summed E-state index contributed by atoms with van der Waals surface area (Å²) in [6.07, 6.45) is 8.49. The predicted octanol–water partition coefficient (Wildman–Crippen LogP) is 1.67. The average Bonchev–Trinajstić information content (AvgIpc) is 2.62. The predicted molar refractivity (Wildman–Crippen MR) is 88.6 cm³/mol. The van der Waals surface area contributed by atoms with Crippen molar-refractivity contribution in [3.63, 3.8) is 0 Å². The Labute approximate surface area is 136 Å². The van der Waals surface area contributed by atoms with Gasteiger partial charge in [-0.2, -0.15) is 0 Å². The maximum absolute atomic E-state index is 12.2. The van der Waals surface area contributed by atoms with Gasteiger partial charge in [-0.1, -0.05) is 0 Å². The molecule has 122 valence electrons. The number of sulfonamides is 1. The molecule has 3 heterocycles. The number of hydrogen-bond acceptors (Lipinski definition) is 5.